The highest BCUT2D eigenvalue weighted by molar-refractivity contribution is 5.10. The van der Waals surface area contributed by atoms with E-state index in [1.165, 1.54) is 6.07 Å². The van der Waals surface area contributed by atoms with Gasteiger partial charge >= 0.3 is 0 Å². The van der Waals surface area contributed by atoms with Crippen LogP contribution in [0.4, 0.5) is 0 Å². The van der Waals surface area contributed by atoms with Crippen LogP contribution < -0.4 is 11.1 Å². The van der Waals surface area contributed by atoms with Gasteiger partial charge in [-0.3, -0.25) is 23.6 Å². The molecule has 0 bridgehead atoms. The molecular formula is C20H29N5O2. The number of aromatic nitrogens is 4. The Morgan fingerprint density at radius 2 is 1.81 bits per heavy atom. The van der Waals surface area contributed by atoms with E-state index in [9.17, 15) is 9.59 Å². The van der Waals surface area contributed by atoms with Crippen LogP contribution in [0.15, 0.2) is 34.2 Å². The standard InChI is InChI=1S/C20H29N5O2/c1-20(2,3)16-11-19(27)25(14-22-16)12-15-6-9-24(10-7-15)13-17-21-8-5-18(26)23(17)4/h5,8,11,14-15H,6-7,9-10,12-13H2,1-4H3. The third-order valence-corrected chi connectivity index (χ3v) is 5.33. The van der Waals surface area contributed by atoms with Crippen LogP contribution in [-0.4, -0.2) is 37.1 Å². The van der Waals surface area contributed by atoms with E-state index in [2.05, 4.69) is 35.6 Å². The molecule has 0 N–H and O–H groups in total. The average molecular weight is 371 g/mol. The molecule has 0 unspecified atom stereocenters. The minimum Gasteiger partial charge on any atom is -0.299 e. The second-order valence-electron chi connectivity index (χ2n) is 8.49. The van der Waals surface area contributed by atoms with E-state index in [1.54, 1.807) is 34.8 Å². The summed E-state index contributed by atoms with van der Waals surface area (Å²) in [6.45, 7) is 9.47. The Morgan fingerprint density at radius 3 is 2.44 bits per heavy atom. The normalized spacial score (nSPS) is 16.6. The lowest BCUT2D eigenvalue weighted by atomic mass is 9.92. The van der Waals surface area contributed by atoms with Crippen LogP contribution in [0, 0.1) is 5.92 Å². The molecule has 2 aromatic rings. The van der Waals surface area contributed by atoms with Crippen molar-refractivity contribution in [2.45, 2.75) is 52.1 Å². The molecule has 7 nitrogen and oxygen atoms in total. The summed E-state index contributed by atoms with van der Waals surface area (Å²) in [4.78, 5) is 35.3. The molecule has 146 valence electrons. The topological polar surface area (TPSA) is 73.0 Å². The van der Waals surface area contributed by atoms with Crippen molar-refractivity contribution in [3.05, 3.63) is 56.9 Å². The van der Waals surface area contributed by atoms with E-state index in [4.69, 9.17) is 0 Å². The van der Waals surface area contributed by atoms with Gasteiger partial charge in [0.05, 0.1) is 18.6 Å². The van der Waals surface area contributed by atoms with Gasteiger partial charge in [-0.25, -0.2) is 9.97 Å². The summed E-state index contributed by atoms with van der Waals surface area (Å²) in [5.74, 6) is 1.26. The van der Waals surface area contributed by atoms with Crippen LogP contribution in [0.3, 0.4) is 0 Å². The third-order valence-electron chi connectivity index (χ3n) is 5.33. The first-order valence-corrected chi connectivity index (χ1v) is 9.54. The smallest absolute Gasteiger partial charge is 0.253 e. The van der Waals surface area contributed by atoms with E-state index < -0.39 is 0 Å². The zero-order valence-electron chi connectivity index (χ0n) is 16.7. The number of hydrogen-bond donors (Lipinski definition) is 0. The molecule has 0 amide bonds. The molecule has 7 heteroatoms. The molecule has 2 aromatic heterocycles. The van der Waals surface area contributed by atoms with Gasteiger partial charge in [-0.2, -0.15) is 0 Å². The van der Waals surface area contributed by atoms with Crippen LogP contribution in [0.2, 0.25) is 0 Å². The zero-order chi connectivity index (χ0) is 19.6. The maximum Gasteiger partial charge on any atom is 0.253 e. The Hall–Kier alpha value is -2.28. The monoisotopic (exact) mass is 371 g/mol. The SMILES string of the molecule is Cn1c(CN2CCC(Cn3cnc(C(C)(C)C)cc3=O)CC2)nccc1=O. The number of likely N-dealkylation sites (tertiary alicyclic amines) is 1. The molecule has 3 rings (SSSR count). The van der Waals surface area contributed by atoms with Crippen LogP contribution in [-0.2, 0) is 25.6 Å². The van der Waals surface area contributed by atoms with Crippen molar-refractivity contribution in [3.63, 3.8) is 0 Å². The fourth-order valence-electron chi connectivity index (χ4n) is 3.44. The van der Waals surface area contributed by atoms with E-state index in [-0.39, 0.29) is 16.5 Å². The van der Waals surface area contributed by atoms with Gasteiger partial charge in [0.25, 0.3) is 11.1 Å². The van der Waals surface area contributed by atoms with Crippen LogP contribution >= 0.6 is 0 Å². The molecule has 1 saturated heterocycles. The number of rotatable bonds is 4. The fraction of sp³-hybridized carbons (Fsp3) is 0.600. The van der Waals surface area contributed by atoms with Crippen LogP contribution in [0.5, 0.6) is 0 Å². The van der Waals surface area contributed by atoms with Gasteiger partial charge in [0, 0.05) is 37.3 Å². The molecule has 0 atom stereocenters. The van der Waals surface area contributed by atoms with Crippen LogP contribution in [0.1, 0.15) is 45.1 Å². The number of piperidine rings is 1. The van der Waals surface area contributed by atoms with Gasteiger partial charge < -0.3 is 0 Å². The van der Waals surface area contributed by atoms with Crippen molar-refractivity contribution in [1.82, 2.24) is 24.0 Å². The number of hydrogen-bond acceptors (Lipinski definition) is 5. The summed E-state index contributed by atoms with van der Waals surface area (Å²) >= 11 is 0. The molecule has 0 aliphatic carbocycles. The molecule has 0 saturated carbocycles. The lowest BCUT2D eigenvalue weighted by molar-refractivity contribution is 0.161. The van der Waals surface area contributed by atoms with E-state index in [0.29, 0.717) is 19.0 Å². The lowest BCUT2D eigenvalue weighted by Gasteiger charge is -2.32. The van der Waals surface area contributed by atoms with E-state index in [1.807, 2.05) is 0 Å². The molecule has 27 heavy (non-hydrogen) atoms. The summed E-state index contributed by atoms with van der Waals surface area (Å²) in [5.41, 5.74) is 0.718. The van der Waals surface area contributed by atoms with Gasteiger partial charge in [0.15, 0.2) is 0 Å². The van der Waals surface area contributed by atoms with Crippen molar-refractivity contribution >= 4 is 0 Å². The molecule has 1 fully saturated rings. The second kappa shape index (κ2) is 7.76. The minimum absolute atomic E-state index is 0.0273. The first-order chi connectivity index (χ1) is 12.7. The van der Waals surface area contributed by atoms with Crippen molar-refractivity contribution < 1.29 is 0 Å². The Labute approximate surface area is 159 Å². The third kappa shape index (κ3) is 4.71. The fourth-order valence-corrected chi connectivity index (χ4v) is 3.44. The van der Waals surface area contributed by atoms with Crippen molar-refractivity contribution in [2.75, 3.05) is 13.1 Å². The predicted octanol–water partition coefficient (Wildman–Crippen LogP) is 1.55. The maximum atomic E-state index is 12.4. The predicted molar refractivity (Wildman–Crippen MR) is 105 cm³/mol. The van der Waals surface area contributed by atoms with Crippen molar-refractivity contribution in [1.29, 1.82) is 0 Å². The summed E-state index contributed by atoms with van der Waals surface area (Å²) in [5, 5.41) is 0. The van der Waals surface area contributed by atoms with E-state index in [0.717, 1.165) is 37.4 Å². The quantitative estimate of drug-likeness (QED) is 0.815. The van der Waals surface area contributed by atoms with Crippen molar-refractivity contribution in [2.24, 2.45) is 13.0 Å². The molecule has 1 aliphatic heterocycles. The second-order valence-corrected chi connectivity index (χ2v) is 8.49. The zero-order valence-corrected chi connectivity index (χ0v) is 16.7. The summed E-state index contributed by atoms with van der Waals surface area (Å²) in [6, 6.07) is 3.14. The average Bonchev–Trinajstić information content (AvgIpc) is 2.61. The molecular weight excluding hydrogens is 342 g/mol. The van der Waals surface area contributed by atoms with Gasteiger partial charge in [0.1, 0.15) is 5.82 Å². The minimum atomic E-state index is -0.116. The molecule has 1 aliphatic rings. The Balaban J connectivity index is 1.58. The summed E-state index contributed by atoms with van der Waals surface area (Å²) < 4.78 is 3.34. The highest BCUT2D eigenvalue weighted by Gasteiger charge is 2.22. The Bertz CT molecular complexity index is 902. The highest BCUT2D eigenvalue weighted by Crippen LogP contribution is 2.21. The molecule has 0 radical (unpaired) electrons. The van der Waals surface area contributed by atoms with E-state index >= 15 is 0 Å². The Morgan fingerprint density at radius 1 is 1.11 bits per heavy atom. The summed E-state index contributed by atoms with van der Waals surface area (Å²) in [6.07, 6.45) is 5.31. The maximum absolute atomic E-state index is 12.4. The largest absolute Gasteiger partial charge is 0.299 e. The first-order valence-electron chi connectivity index (χ1n) is 9.54. The van der Waals surface area contributed by atoms with Gasteiger partial charge in [-0.15, -0.1) is 0 Å². The lowest BCUT2D eigenvalue weighted by Crippen LogP contribution is -2.37. The molecule has 0 aromatic carbocycles. The Kier molecular flexibility index (Phi) is 5.60. The highest BCUT2D eigenvalue weighted by atomic mass is 16.1. The number of nitrogens with zero attached hydrogens (tertiary/aromatic N) is 5. The van der Waals surface area contributed by atoms with Gasteiger partial charge in [-0.1, -0.05) is 20.8 Å². The molecule has 0 spiro atoms. The van der Waals surface area contributed by atoms with Crippen molar-refractivity contribution in [3.8, 4) is 0 Å². The van der Waals surface area contributed by atoms with Gasteiger partial charge in [-0.05, 0) is 31.8 Å². The first kappa shape index (κ1) is 19.5. The molecule has 3 heterocycles. The van der Waals surface area contributed by atoms with Crippen LogP contribution in [0.25, 0.3) is 0 Å². The van der Waals surface area contributed by atoms with Gasteiger partial charge in [0.2, 0.25) is 0 Å². The summed E-state index contributed by atoms with van der Waals surface area (Å²) in [7, 11) is 1.76.